The minimum Gasteiger partial charge on any atom is -0.339 e. The van der Waals surface area contributed by atoms with Gasteiger partial charge in [0.25, 0.3) is 0 Å². The second-order valence-electron chi connectivity index (χ2n) is 3.37. The number of hydrogen-bond acceptors (Lipinski definition) is 5. The molecule has 16 heavy (non-hydrogen) atoms. The Morgan fingerprint density at radius 1 is 1.44 bits per heavy atom. The molecule has 2 N–H and O–H groups in total. The summed E-state index contributed by atoms with van der Waals surface area (Å²) in [4.78, 5) is 13.1. The van der Waals surface area contributed by atoms with Crippen LogP contribution in [0.3, 0.4) is 0 Å². The Morgan fingerprint density at radius 2 is 2.06 bits per heavy atom. The van der Waals surface area contributed by atoms with Crippen LogP contribution in [0.15, 0.2) is 0 Å². The van der Waals surface area contributed by atoms with E-state index in [0.717, 1.165) is 13.1 Å². The molecular weight excluding hydrogens is 232 g/mol. The average molecular weight is 246 g/mol. The number of carbonyl (C=O) groups is 1. The maximum atomic E-state index is 11.5. The topological polar surface area (TPSA) is 102 Å². The third kappa shape index (κ3) is 4.14. The molecule has 7 nitrogen and oxygen atoms in total. The van der Waals surface area contributed by atoms with E-state index in [0.29, 0.717) is 13.1 Å². The van der Waals surface area contributed by atoms with E-state index in [1.807, 2.05) is 0 Å². The Morgan fingerprint density at radius 3 is 2.62 bits per heavy atom. The lowest BCUT2D eigenvalue weighted by Gasteiger charge is -2.27. The van der Waals surface area contributed by atoms with Crippen LogP contribution in [-0.2, 0) is 14.8 Å². The van der Waals surface area contributed by atoms with Crippen LogP contribution in [0.1, 0.15) is 0 Å². The fourth-order valence-corrected chi connectivity index (χ4v) is 1.95. The molecule has 0 aromatic rings. The van der Waals surface area contributed by atoms with Gasteiger partial charge in [0.1, 0.15) is 0 Å². The van der Waals surface area contributed by atoms with Crippen LogP contribution in [0.4, 0.5) is 0 Å². The minimum absolute atomic E-state index is 0.261. The zero-order valence-corrected chi connectivity index (χ0v) is 9.59. The van der Waals surface area contributed by atoms with Crippen LogP contribution in [0, 0.1) is 11.3 Å². The Kier molecular flexibility index (Phi) is 4.67. The number of nitrogens with one attached hydrogen (secondary N) is 2. The molecule has 1 rings (SSSR count). The largest absolute Gasteiger partial charge is 0.339 e. The molecule has 1 fully saturated rings. The minimum atomic E-state index is -3.64. The van der Waals surface area contributed by atoms with Crippen molar-refractivity contribution in [3.63, 3.8) is 0 Å². The summed E-state index contributed by atoms with van der Waals surface area (Å²) < 4.78 is 24.3. The van der Waals surface area contributed by atoms with E-state index >= 15 is 0 Å². The van der Waals surface area contributed by atoms with Crippen molar-refractivity contribution >= 4 is 15.9 Å². The first-order chi connectivity index (χ1) is 7.55. The highest BCUT2D eigenvalue weighted by Gasteiger charge is 2.18. The summed E-state index contributed by atoms with van der Waals surface area (Å²) in [6.45, 7) is 2.33. The molecule has 0 radical (unpaired) electrons. The van der Waals surface area contributed by atoms with Crippen molar-refractivity contribution in [2.75, 3.05) is 38.5 Å². The van der Waals surface area contributed by atoms with Gasteiger partial charge in [0, 0.05) is 26.2 Å². The molecule has 1 aliphatic heterocycles. The van der Waals surface area contributed by atoms with Crippen LogP contribution in [0.25, 0.3) is 0 Å². The lowest BCUT2D eigenvalue weighted by Crippen LogP contribution is -2.49. The van der Waals surface area contributed by atoms with E-state index in [-0.39, 0.29) is 12.5 Å². The molecule has 0 saturated carbocycles. The third-order valence-electron chi connectivity index (χ3n) is 2.17. The van der Waals surface area contributed by atoms with Crippen molar-refractivity contribution in [3.8, 4) is 6.07 Å². The number of hydrogen-bond donors (Lipinski definition) is 2. The molecule has 8 heteroatoms. The second kappa shape index (κ2) is 5.79. The number of amides is 1. The van der Waals surface area contributed by atoms with Gasteiger partial charge in [-0.25, -0.2) is 13.1 Å². The summed E-state index contributed by atoms with van der Waals surface area (Å²) in [5, 5.41) is 11.3. The number of piperazine rings is 1. The quantitative estimate of drug-likeness (QED) is 0.589. The molecule has 0 aromatic carbocycles. The van der Waals surface area contributed by atoms with Gasteiger partial charge >= 0.3 is 0 Å². The van der Waals surface area contributed by atoms with Crippen molar-refractivity contribution in [2.45, 2.75) is 0 Å². The first-order valence-corrected chi connectivity index (χ1v) is 6.53. The van der Waals surface area contributed by atoms with Gasteiger partial charge in [-0.05, 0) is 0 Å². The molecule has 0 bridgehead atoms. The fourth-order valence-electron chi connectivity index (χ4n) is 1.33. The zero-order valence-electron chi connectivity index (χ0n) is 8.77. The fraction of sp³-hybridized carbons (Fsp3) is 0.750. The lowest BCUT2D eigenvalue weighted by atomic mass is 10.3. The summed E-state index contributed by atoms with van der Waals surface area (Å²) >= 11 is 0. The summed E-state index contributed by atoms with van der Waals surface area (Å²) in [6.07, 6.45) is 0. The highest BCUT2D eigenvalue weighted by molar-refractivity contribution is 7.89. The van der Waals surface area contributed by atoms with Crippen molar-refractivity contribution in [3.05, 3.63) is 0 Å². The first kappa shape index (κ1) is 12.9. The molecule has 1 aliphatic rings. The number of carbonyl (C=O) groups excluding carboxylic acids is 1. The van der Waals surface area contributed by atoms with Crippen LogP contribution in [-0.4, -0.2) is 57.7 Å². The van der Waals surface area contributed by atoms with Gasteiger partial charge in [-0.2, -0.15) is 5.26 Å². The van der Waals surface area contributed by atoms with E-state index in [1.165, 1.54) is 6.07 Å². The van der Waals surface area contributed by atoms with Gasteiger partial charge in [-0.3, -0.25) is 4.79 Å². The van der Waals surface area contributed by atoms with Gasteiger partial charge in [0.15, 0.2) is 5.75 Å². The van der Waals surface area contributed by atoms with Crippen molar-refractivity contribution in [1.82, 2.24) is 14.9 Å². The second-order valence-corrected chi connectivity index (χ2v) is 5.18. The van der Waals surface area contributed by atoms with Crippen LogP contribution in [0.2, 0.25) is 0 Å². The average Bonchev–Trinajstić information content (AvgIpc) is 2.27. The van der Waals surface area contributed by atoms with Crippen molar-refractivity contribution < 1.29 is 13.2 Å². The van der Waals surface area contributed by atoms with Gasteiger partial charge in [0.05, 0.1) is 12.6 Å². The molecule has 0 atom stereocenters. The predicted molar refractivity (Wildman–Crippen MR) is 56.9 cm³/mol. The van der Waals surface area contributed by atoms with E-state index < -0.39 is 15.8 Å². The molecule has 1 amide bonds. The van der Waals surface area contributed by atoms with E-state index in [2.05, 4.69) is 10.0 Å². The maximum absolute atomic E-state index is 11.5. The highest BCUT2D eigenvalue weighted by Crippen LogP contribution is 1.93. The Bertz CT molecular complexity index is 381. The normalized spacial score (nSPS) is 16.8. The zero-order chi connectivity index (χ0) is 12.0. The van der Waals surface area contributed by atoms with Gasteiger partial charge in [-0.1, -0.05) is 0 Å². The Labute approximate surface area is 94.5 Å². The molecular formula is C8H14N4O3S. The van der Waals surface area contributed by atoms with Crippen LogP contribution < -0.4 is 10.0 Å². The molecule has 1 saturated heterocycles. The summed E-state index contributed by atoms with van der Waals surface area (Å²) in [5.74, 6) is -0.884. The monoisotopic (exact) mass is 246 g/mol. The van der Waals surface area contributed by atoms with Gasteiger partial charge in [-0.15, -0.1) is 0 Å². The number of rotatable bonds is 4. The third-order valence-corrected chi connectivity index (χ3v) is 3.26. The number of nitrogens with zero attached hydrogens (tertiary/aromatic N) is 2. The smallest absolute Gasteiger partial charge is 0.237 e. The van der Waals surface area contributed by atoms with Crippen molar-refractivity contribution in [1.29, 1.82) is 5.26 Å². The SMILES string of the molecule is N#CCS(=O)(=O)NCC(=O)N1CCNCC1. The molecule has 0 aliphatic carbocycles. The number of nitriles is 1. The maximum Gasteiger partial charge on any atom is 0.237 e. The van der Waals surface area contributed by atoms with Gasteiger partial charge in [0.2, 0.25) is 15.9 Å². The standard InChI is InChI=1S/C8H14N4O3S/c9-1-6-16(14,15)11-7-8(13)12-4-2-10-3-5-12/h10-11H,2-7H2. The van der Waals surface area contributed by atoms with E-state index in [1.54, 1.807) is 4.90 Å². The molecule has 0 spiro atoms. The molecule has 90 valence electrons. The van der Waals surface area contributed by atoms with Crippen LogP contribution in [0.5, 0.6) is 0 Å². The highest BCUT2D eigenvalue weighted by atomic mass is 32.2. The van der Waals surface area contributed by atoms with Crippen molar-refractivity contribution in [2.24, 2.45) is 0 Å². The summed E-state index contributed by atoms with van der Waals surface area (Å²) in [5.41, 5.74) is 0. The summed E-state index contributed by atoms with van der Waals surface area (Å²) in [6, 6.07) is 1.53. The number of sulfonamides is 1. The lowest BCUT2D eigenvalue weighted by molar-refractivity contribution is -0.130. The van der Waals surface area contributed by atoms with Gasteiger partial charge < -0.3 is 10.2 Å². The van der Waals surface area contributed by atoms with E-state index in [4.69, 9.17) is 5.26 Å². The summed E-state index contributed by atoms with van der Waals surface area (Å²) in [7, 11) is -3.64. The molecule has 0 aromatic heterocycles. The first-order valence-electron chi connectivity index (χ1n) is 4.88. The predicted octanol–water partition coefficient (Wildman–Crippen LogP) is -2.14. The van der Waals surface area contributed by atoms with E-state index in [9.17, 15) is 13.2 Å². The molecule has 0 unspecified atom stereocenters. The molecule has 1 heterocycles. The van der Waals surface area contributed by atoms with Crippen LogP contribution >= 0.6 is 0 Å². The Balaban J connectivity index is 2.37. The Hall–Kier alpha value is -1.17.